The Morgan fingerprint density at radius 3 is 2.81 bits per heavy atom. The van der Waals surface area contributed by atoms with Gasteiger partial charge in [-0.2, -0.15) is 0 Å². The molecule has 1 aromatic rings. The van der Waals surface area contributed by atoms with Crippen LogP contribution in [0.25, 0.3) is 0 Å². The second-order valence-corrected chi connectivity index (χ2v) is 5.04. The number of hydrogen-bond acceptors (Lipinski definition) is 5. The molecule has 0 saturated heterocycles. The zero-order chi connectivity index (χ0) is 15.8. The number of ether oxygens (including phenoxy) is 1. The lowest BCUT2D eigenvalue weighted by Crippen LogP contribution is -2.26. The zero-order valence-electron chi connectivity index (χ0n) is 12.2. The van der Waals surface area contributed by atoms with Crippen molar-refractivity contribution in [2.75, 3.05) is 19.8 Å². The van der Waals surface area contributed by atoms with Crippen LogP contribution in [0.4, 0.5) is 5.69 Å². The van der Waals surface area contributed by atoms with Crippen molar-refractivity contribution in [2.24, 2.45) is 5.92 Å². The highest BCUT2D eigenvalue weighted by Crippen LogP contribution is 2.23. The number of carbonyl (C=O) groups is 1. The predicted octanol–water partition coefficient (Wildman–Crippen LogP) is 2.09. The van der Waals surface area contributed by atoms with E-state index in [0.717, 1.165) is 12.1 Å². The van der Waals surface area contributed by atoms with Crippen LogP contribution in [-0.4, -0.2) is 35.7 Å². The summed E-state index contributed by atoms with van der Waals surface area (Å²) in [4.78, 5) is 22.1. The van der Waals surface area contributed by atoms with Crippen LogP contribution < -0.4 is 5.32 Å². The van der Waals surface area contributed by atoms with Crippen molar-refractivity contribution in [1.82, 2.24) is 5.32 Å². The number of rotatable bonds is 8. The molecule has 1 aromatic carbocycles. The van der Waals surface area contributed by atoms with E-state index in [2.05, 4.69) is 5.32 Å². The van der Waals surface area contributed by atoms with Crippen LogP contribution in [0.15, 0.2) is 18.2 Å². The second-order valence-electron chi connectivity index (χ2n) is 5.04. The Hall–Kier alpha value is -2.15. The third kappa shape index (κ3) is 5.78. The van der Waals surface area contributed by atoms with Crippen molar-refractivity contribution in [3.8, 4) is 5.75 Å². The first-order valence-electron chi connectivity index (χ1n) is 6.75. The van der Waals surface area contributed by atoms with Crippen molar-refractivity contribution < 1.29 is 19.6 Å². The molecule has 0 aliphatic carbocycles. The fourth-order valence-corrected chi connectivity index (χ4v) is 1.66. The lowest BCUT2D eigenvalue weighted by Gasteiger charge is -2.08. The number of phenols is 1. The molecular weight excluding hydrogens is 276 g/mol. The number of nitro benzene ring substituents is 1. The van der Waals surface area contributed by atoms with E-state index in [4.69, 9.17) is 4.74 Å². The summed E-state index contributed by atoms with van der Waals surface area (Å²) in [5.74, 6) is -0.318. The Morgan fingerprint density at radius 1 is 1.48 bits per heavy atom. The van der Waals surface area contributed by atoms with Crippen molar-refractivity contribution in [1.29, 1.82) is 0 Å². The van der Waals surface area contributed by atoms with Gasteiger partial charge in [0.05, 0.1) is 4.92 Å². The molecule has 0 aliphatic rings. The maximum Gasteiger partial charge on any atom is 0.282 e. The van der Waals surface area contributed by atoms with Gasteiger partial charge >= 0.3 is 0 Å². The van der Waals surface area contributed by atoms with Crippen LogP contribution in [-0.2, 0) is 4.74 Å². The lowest BCUT2D eigenvalue weighted by molar-refractivity contribution is -0.385. The second kappa shape index (κ2) is 8.21. The van der Waals surface area contributed by atoms with Gasteiger partial charge in [-0.3, -0.25) is 14.9 Å². The standard InChI is InChI=1S/C14H20N2O5/c1-10(2)9-21-7-3-6-15-14(18)12-8-11(17)4-5-13(12)16(19)20/h4-5,8,10,17H,3,6-7,9H2,1-2H3,(H,15,18). The number of nitrogens with zero attached hydrogens (tertiary/aromatic N) is 1. The summed E-state index contributed by atoms with van der Waals surface area (Å²) in [5, 5.41) is 22.8. The largest absolute Gasteiger partial charge is 0.508 e. The van der Waals surface area contributed by atoms with E-state index in [9.17, 15) is 20.0 Å². The number of benzene rings is 1. The summed E-state index contributed by atoms with van der Waals surface area (Å²) >= 11 is 0. The lowest BCUT2D eigenvalue weighted by atomic mass is 10.1. The molecule has 0 fully saturated rings. The number of aromatic hydroxyl groups is 1. The average Bonchev–Trinajstić information content (AvgIpc) is 2.41. The van der Waals surface area contributed by atoms with Gasteiger partial charge in [-0.05, 0) is 24.5 Å². The molecule has 1 rings (SSSR count). The van der Waals surface area contributed by atoms with E-state index in [1.807, 2.05) is 13.8 Å². The maximum atomic E-state index is 11.9. The highest BCUT2D eigenvalue weighted by Gasteiger charge is 2.20. The molecule has 0 spiro atoms. The van der Waals surface area contributed by atoms with Gasteiger partial charge < -0.3 is 15.2 Å². The van der Waals surface area contributed by atoms with Crippen LogP contribution in [0.2, 0.25) is 0 Å². The molecule has 2 N–H and O–H groups in total. The van der Waals surface area contributed by atoms with Gasteiger partial charge in [0.2, 0.25) is 0 Å². The third-order valence-corrected chi connectivity index (χ3v) is 2.62. The van der Waals surface area contributed by atoms with Crippen LogP contribution in [0.5, 0.6) is 5.75 Å². The number of nitro groups is 1. The van der Waals surface area contributed by atoms with Gasteiger partial charge in [-0.1, -0.05) is 13.8 Å². The predicted molar refractivity (Wildman–Crippen MR) is 77.4 cm³/mol. The van der Waals surface area contributed by atoms with E-state index < -0.39 is 10.8 Å². The molecule has 0 aliphatic heterocycles. The molecule has 0 saturated carbocycles. The Bertz CT molecular complexity index is 502. The maximum absolute atomic E-state index is 11.9. The van der Waals surface area contributed by atoms with Crippen LogP contribution in [0.1, 0.15) is 30.6 Å². The number of hydrogen-bond donors (Lipinski definition) is 2. The minimum Gasteiger partial charge on any atom is -0.508 e. The van der Waals surface area contributed by atoms with E-state index in [-0.39, 0.29) is 17.0 Å². The van der Waals surface area contributed by atoms with Crippen molar-refractivity contribution in [3.05, 3.63) is 33.9 Å². The fourth-order valence-electron chi connectivity index (χ4n) is 1.66. The molecule has 0 heterocycles. The van der Waals surface area contributed by atoms with Gasteiger partial charge in [-0.15, -0.1) is 0 Å². The minimum atomic E-state index is -0.653. The first kappa shape index (κ1) is 16.9. The van der Waals surface area contributed by atoms with Crippen molar-refractivity contribution >= 4 is 11.6 Å². The minimum absolute atomic E-state index is 0.150. The molecule has 0 unspecified atom stereocenters. The van der Waals surface area contributed by atoms with Gasteiger partial charge in [-0.25, -0.2) is 0 Å². The summed E-state index contributed by atoms with van der Waals surface area (Å²) in [6.07, 6.45) is 0.616. The first-order valence-corrected chi connectivity index (χ1v) is 6.75. The molecule has 0 aromatic heterocycles. The van der Waals surface area contributed by atoms with Gasteiger partial charge in [0, 0.05) is 25.8 Å². The third-order valence-electron chi connectivity index (χ3n) is 2.62. The number of carbonyl (C=O) groups excluding carboxylic acids is 1. The van der Waals surface area contributed by atoms with E-state index in [1.54, 1.807) is 0 Å². The Morgan fingerprint density at radius 2 is 2.19 bits per heavy atom. The monoisotopic (exact) mass is 296 g/mol. The van der Waals surface area contributed by atoms with Crippen LogP contribution >= 0.6 is 0 Å². The topological polar surface area (TPSA) is 102 Å². The fraction of sp³-hybridized carbons (Fsp3) is 0.500. The number of phenolic OH excluding ortho intramolecular Hbond substituents is 1. The smallest absolute Gasteiger partial charge is 0.282 e. The average molecular weight is 296 g/mol. The van der Waals surface area contributed by atoms with E-state index >= 15 is 0 Å². The first-order chi connectivity index (χ1) is 9.91. The van der Waals surface area contributed by atoms with Gasteiger partial charge in [0.1, 0.15) is 11.3 Å². The Kier molecular flexibility index (Phi) is 6.61. The summed E-state index contributed by atoms with van der Waals surface area (Å²) in [6.45, 7) is 5.61. The molecule has 116 valence electrons. The van der Waals surface area contributed by atoms with Crippen LogP contribution in [0, 0.1) is 16.0 Å². The normalized spacial score (nSPS) is 10.6. The van der Waals surface area contributed by atoms with Crippen LogP contribution in [0.3, 0.4) is 0 Å². The van der Waals surface area contributed by atoms with Crippen molar-refractivity contribution in [3.63, 3.8) is 0 Å². The summed E-state index contributed by atoms with van der Waals surface area (Å²) in [5.41, 5.74) is -0.482. The van der Waals surface area contributed by atoms with Gasteiger partial charge in [0.15, 0.2) is 0 Å². The molecule has 1 amide bonds. The summed E-state index contributed by atoms with van der Waals surface area (Å²) in [7, 11) is 0. The molecule has 0 radical (unpaired) electrons. The summed E-state index contributed by atoms with van der Waals surface area (Å²) in [6, 6.07) is 3.37. The highest BCUT2D eigenvalue weighted by molar-refractivity contribution is 5.98. The molecule has 7 heteroatoms. The number of amides is 1. The molecule has 0 bridgehead atoms. The highest BCUT2D eigenvalue weighted by atomic mass is 16.6. The molecule has 0 atom stereocenters. The molecule has 7 nitrogen and oxygen atoms in total. The molecular formula is C14H20N2O5. The number of nitrogens with one attached hydrogen (secondary N) is 1. The Balaban J connectivity index is 2.49. The van der Waals surface area contributed by atoms with E-state index in [0.29, 0.717) is 32.1 Å². The SMILES string of the molecule is CC(C)COCCCNC(=O)c1cc(O)ccc1[N+](=O)[O-]. The summed E-state index contributed by atoms with van der Waals surface area (Å²) < 4.78 is 5.36. The van der Waals surface area contributed by atoms with E-state index in [1.165, 1.54) is 6.07 Å². The zero-order valence-corrected chi connectivity index (χ0v) is 12.2. The van der Waals surface area contributed by atoms with Crippen molar-refractivity contribution in [2.45, 2.75) is 20.3 Å². The quantitative estimate of drug-likeness (QED) is 0.434. The van der Waals surface area contributed by atoms with Gasteiger partial charge in [0.25, 0.3) is 11.6 Å². The Labute approximate surface area is 123 Å². The molecule has 21 heavy (non-hydrogen) atoms.